The summed E-state index contributed by atoms with van der Waals surface area (Å²) < 4.78 is 32.7. The molecule has 3 N–H and O–H groups in total. The van der Waals surface area contributed by atoms with E-state index in [2.05, 4.69) is 39.6 Å². The van der Waals surface area contributed by atoms with Crippen molar-refractivity contribution in [2.45, 2.75) is 17.7 Å². The van der Waals surface area contributed by atoms with E-state index < -0.39 is 10.0 Å². The lowest BCUT2D eigenvalue weighted by molar-refractivity contribution is -0.120. The van der Waals surface area contributed by atoms with Crippen molar-refractivity contribution < 1.29 is 17.9 Å². The number of carbonyl (C=O) groups is 1. The quantitative estimate of drug-likeness (QED) is 0.437. The summed E-state index contributed by atoms with van der Waals surface area (Å²) in [6.45, 7) is 0.478. The minimum absolute atomic E-state index is 0.0383. The molecule has 168 valence electrons. The first-order valence-corrected chi connectivity index (χ1v) is 11.9. The van der Waals surface area contributed by atoms with Gasteiger partial charge in [0.05, 0.1) is 13.5 Å². The lowest BCUT2D eigenvalue weighted by Gasteiger charge is -2.13. The molecule has 7 nitrogen and oxygen atoms in total. The highest BCUT2D eigenvalue weighted by Crippen LogP contribution is 2.25. The van der Waals surface area contributed by atoms with Crippen molar-refractivity contribution in [3.63, 3.8) is 0 Å². The van der Waals surface area contributed by atoms with Gasteiger partial charge in [0.25, 0.3) is 10.0 Å². The molecular weight excluding hydrogens is 446 g/mol. The normalized spacial score (nSPS) is 11.1. The molecule has 0 atom stereocenters. The highest BCUT2D eigenvalue weighted by atomic mass is 32.2. The van der Waals surface area contributed by atoms with Gasteiger partial charge in [-0.3, -0.25) is 9.52 Å². The van der Waals surface area contributed by atoms with E-state index in [-0.39, 0.29) is 28.1 Å². The van der Waals surface area contributed by atoms with Gasteiger partial charge in [-0.25, -0.2) is 8.42 Å². The maximum absolute atomic E-state index is 12.6. The standard InChI is InChI=1S/C23H25N3O4S2/c1-24-23(31)26-32(28,29)21-14-16(10-11-20(21)30-2)15-22(27)25-13-12-18-8-5-7-17-6-3-4-9-19(17)18/h3-11,14H,12-13,15H2,1-2H3,(H,25,27)(H2,24,26,31). The first-order valence-electron chi connectivity index (χ1n) is 9.99. The van der Waals surface area contributed by atoms with E-state index in [9.17, 15) is 13.2 Å². The molecule has 9 heteroatoms. The SMILES string of the molecule is CNC(=S)NS(=O)(=O)c1cc(CC(=O)NCCc2cccc3ccccc23)ccc1OC. The molecule has 3 aromatic carbocycles. The van der Waals surface area contributed by atoms with Crippen LogP contribution in [0.3, 0.4) is 0 Å². The molecule has 1 amide bonds. The molecule has 0 saturated carbocycles. The van der Waals surface area contributed by atoms with Gasteiger partial charge in [0.1, 0.15) is 10.6 Å². The Morgan fingerprint density at radius 3 is 2.56 bits per heavy atom. The van der Waals surface area contributed by atoms with Gasteiger partial charge in [-0.1, -0.05) is 48.5 Å². The van der Waals surface area contributed by atoms with Gasteiger partial charge in [0.15, 0.2) is 5.11 Å². The third-order valence-corrected chi connectivity index (χ3v) is 6.74. The van der Waals surface area contributed by atoms with Crippen LogP contribution in [0.4, 0.5) is 0 Å². The number of thiocarbonyl (C=S) groups is 1. The second-order valence-electron chi connectivity index (χ2n) is 7.08. The van der Waals surface area contributed by atoms with Crippen molar-refractivity contribution in [1.29, 1.82) is 0 Å². The Labute approximate surface area is 193 Å². The van der Waals surface area contributed by atoms with Gasteiger partial charge in [-0.15, -0.1) is 0 Å². The van der Waals surface area contributed by atoms with Crippen LogP contribution in [0.2, 0.25) is 0 Å². The number of hydrogen-bond acceptors (Lipinski definition) is 5. The van der Waals surface area contributed by atoms with E-state index in [0.29, 0.717) is 18.5 Å². The highest BCUT2D eigenvalue weighted by molar-refractivity contribution is 7.92. The number of fused-ring (bicyclic) bond motifs is 1. The van der Waals surface area contributed by atoms with Crippen LogP contribution in [0.1, 0.15) is 11.1 Å². The molecule has 32 heavy (non-hydrogen) atoms. The van der Waals surface area contributed by atoms with Crippen LogP contribution in [-0.4, -0.2) is 40.1 Å². The van der Waals surface area contributed by atoms with Crippen LogP contribution in [0, 0.1) is 0 Å². The fraction of sp³-hybridized carbons (Fsp3) is 0.217. The fourth-order valence-corrected chi connectivity index (χ4v) is 4.87. The largest absolute Gasteiger partial charge is 0.495 e. The van der Waals surface area contributed by atoms with E-state index in [4.69, 9.17) is 17.0 Å². The van der Waals surface area contributed by atoms with Crippen molar-refractivity contribution in [2.24, 2.45) is 0 Å². The Balaban J connectivity index is 1.66. The van der Waals surface area contributed by atoms with E-state index in [1.165, 1.54) is 31.7 Å². The summed E-state index contributed by atoms with van der Waals surface area (Å²) in [4.78, 5) is 12.4. The molecule has 0 aliphatic rings. The minimum atomic E-state index is -3.96. The zero-order chi connectivity index (χ0) is 23.1. The molecule has 0 spiro atoms. The second kappa shape index (κ2) is 10.4. The van der Waals surface area contributed by atoms with Crippen molar-refractivity contribution >= 4 is 44.0 Å². The molecule has 0 fully saturated rings. The number of rotatable bonds is 8. The fourth-order valence-electron chi connectivity index (χ4n) is 3.36. The summed E-state index contributed by atoms with van der Waals surface area (Å²) in [5.74, 6) is -0.0334. The van der Waals surface area contributed by atoms with Gasteiger partial charge in [-0.2, -0.15) is 0 Å². The summed E-state index contributed by atoms with van der Waals surface area (Å²) in [5.41, 5.74) is 1.71. The average Bonchev–Trinajstić information content (AvgIpc) is 2.79. The van der Waals surface area contributed by atoms with Crippen LogP contribution in [0.15, 0.2) is 65.6 Å². The number of benzene rings is 3. The summed E-state index contributed by atoms with van der Waals surface area (Å²) in [6.07, 6.45) is 0.735. The second-order valence-corrected chi connectivity index (χ2v) is 9.14. The number of carbonyl (C=O) groups excluding carboxylic acids is 1. The van der Waals surface area contributed by atoms with E-state index >= 15 is 0 Å². The molecule has 0 aliphatic heterocycles. The van der Waals surface area contributed by atoms with Crippen LogP contribution in [-0.2, 0) is 27.7 Å². The van der Waals surface area contributed by atoms with Crippen molar-refractivity contribution in [3.8, 4) is 5.75 Å². The number of amides is 1. The average molecular weight is 472 g/mol. The first kappa shape index (κ1) is 23.5. The van der Waals surface area contributed by atoms with Gasteiger partial charge < -0.3 is 15.4 Å². The summed E-state index contributed by atoms with van der Waals surface area (Å²) in [6, 6.07) is 18.9. The molecule has 0 aromatic heterocycles. The molecule has 0 saturated heterocycles. The lowest BCUT2D eigenvalue weighted by Crippen LogP contribution is -2.37. The molecule has 0 bridgehead atoms. The zero-order valence-electron chi connectivity index (χ0n) is 17.8. The topological polar surface area (TPSA) is 96.5 Å². The lowest BCUT2D eigenvalue weighted by atomic mass is 10.0. The van der Waals surface area contributed by atoms with E-state index in [0.717, 1.165) is 10.9 Å². The monoisotopic (exact) mass is 471 g/mol. The zero-order valence-corrected chi connectivity index (χ0v) is 19.5. The highest BCUT2D eigenvalue weighted by Gasteiger charge is 2.21. The van der Waals surface area contributed by atoms with Crippen molar-refractivity contribution in [1.82, 2.24) is 15.4 Å². The van der Waals surface area contributed by atoms with Crippen LogP contribution in [0.25, 0.3) is 10.8 Å². The smallest absolute Gasteiger partial charge is 0.267 e. The Bertz CT molecular complexity index is 1240. The third kappa shape index (κ3) is 5.74. The molecule has 0 aliphatic carbocycles. The molecular formula is C23H25N3O4S2. The molecule has 0 unspecified atom stereocenters. The van der Waals surface area contributed by atoms with Gasteiger partial charge in [0, 0.05) is 13.6 Å². The molecule has 0 heterocycles. The maximum atomic E-state index is 12.6. The molecule has 0 radical (unpaired) electrons. The number of methoxy groups -OCH3 is 1. The van der Waals surface area contributed by atoms with E-state index in [1.54, 1.807) is 6.07 Å². The van der Waals surface area contributed by atoms with Gasteiger partial charge in [0.2, 0.25) is 5.91 Å². The van der Waals surface area contributed by atoms with Crippen LogP contribution < -0.4 is 20.1 Å². The summed E-state index contributed by atoms with van der Waals surface area (Å²) in [7, 11) is -1.06. The Morgan fingerprint density at radius 1 is 1.06 bits per heavy atom. The summed E-state index contributed by atoms with van der Waals surface area (Å²) >= 11 is 4.90. The Hall–Kier alpha value is -3.17. The number of sulfonamides is 1. The number of ether oxygens (including phenoxy) is 1. The number of hydrogen-bond donors (Lipinski definition) is 3. The Kier molecular flexibility index (Phi) is 7.66. The predicted molar refractivity (Wildman–Crippen MR) is 129 cm³/mol. The summed E-state index contributed by atoms with van der Waals surface area (Å²) in [5, 5.41) is 7.76. The maximum Gasteiger partial charge on any atom is 0.267 e. The van der Waals surface area contributed by atoms with Gasteiger partial charge >= 0.3 is 0 Å². The minimum Gasteiger partial charge on any atom is -0.495 e. The van der Waals surface area contributed by atoms with Crippen LogP contribution in [0.5, 0.6) is 5.75 Å². The molecule has 3 rings (SSSR count). The van der Waals surface area contributed by atoms with Gasteiger partial charge in [-0.05, 0) is 52.7 Å². The first-order chi connectivity index (χ1) is 15.3. The van der Waals surface area contributed by atoms with Crippen molar-refractivity contribution in [2.75, 3.05) is 20.7 Å². The van der Waals surface area contributed by atoms with E-state index in [1.807, 2.05) is 18.2 Å². The number of nitrogens with one attached hydrogen (secondary N) is 3. The van der Waals surface area contributed by atoms with Crippen LogP contribution >= 0.6 is 12.2 Å². The third-order valence-electron chi connectivity index (χ3n) is 4.93. The predicted octanol–water partition coefficient (Wildman–Crippen LogP) is 2.53. The molecule has 3 aromatic rings. The Morgan fingerprint density at radius 2 is 1.81 bits per heavy atom. The van der Waals surface area contributed by atoms with Crippen molar-refractivity contribution in [3.05, 3.63) is 71.8 Å².